The fourth-order valence-corrected chi connectivity index (χ4v) is 2.79. The van der Waals surface area contributed by atoms with Gasteiger partial charge in [-0.15, -0.1) is 0 Å². The zero-order valence-electron chi connectivity index (χ0n) is 14.1. The third-order valence-electron chi connectivity index (χ3n) is 3.11. The number of imide groups is 1. The van der Waals surface area contributed by atoms with E-state index in [4.69, 9.17) is 10.5 Å². The molecule has 10 heteroatoms. The maximum Gasteiger partial charge on any atom is 0.321 e. The molecule has 0 aliphatic carbocycles. The minimum Gasteiger partial charge on any atom is -0.451 e. The Morgan fingerprint density at radius 2 is 1.72 bits per heavy atom. The molecule has 0 spiro atoms. The summed E-state index contributed by atoms with van der Waals surface area (Å²) in [6, 6.07) is 4.97. The number of rotatable bonds is 7. The van der Waals surface area contributed by atoms with Crippen LogP contribution in [-0.2, 0) is 24.3 Å². The molecule has 0 saturated carbocycles. The van der Waals surface area contributed by atoms with E-state index in [0.717, 1.165) is 5.56 Å². The number of aryl methyl sites for hydroxylation is 1. The van der Waals surface area contributed by atoms with E-state index in [9.17, 15) is 22.8 Å². The summed E-state index contributed by atoms with van der Waals surface area (Å²) in [4.78, 5) is 34.3. The van der Waals surface area contributed by atoms with Gasteiger partial charge in [-0.05, 0) is 25.0 Å². The van der Waals surface area contributed by atoms with Gasteiger partial charge in [0.05, 0.1) is 4.90 Å². The number of benzene rings is 1. The molecule has 4 N–H and O–H groups in total. The van der Waals surface area contributed by atoms with Crippen molar-refractivity contribution in [3.63, 3.8) is 0 Å². The summed E-state index contributed by atoms with van der Waals surface area (Å²) in [5.41, 5.74) is 5.74. The minimum atomic E-state index is -3.89. The van der Waals surface area contributed by atoms with Crippen LogP contribution < -0.4 is 15.8 Å². The average molecular weight is 371 g/mol. The lowest BCUT2D eigenvalue weighted by Crippen LogP contribution is -2.46. The molecule has 0 aliphatic rings. The van der Waals surface area contributed by atoms with E-state index in [-0.39, 0.29) is 4.90 Å². The molecule has 1 aromatic carbocycles. The van der Waals surface area contributed by atoms with Crippen LogP contribution in [0.15, 0.2) is 29.2 Å². The van der Waals surface area contributed by atoms with E-state index in [1.807, 2.05) is 12.2 Å². The molecule has 25 heavy (non-hydrogen) atoms. The van der Waals surface area contributed by atoms with Crippen molar-refractivity contribution in [3.05, 3.63) is 29.8 Å². The SMILES string of the molecule is Cc1ccc(S(=O)(=O)NCC(=O)O[C@H](C(=O)NC(N)=O)C(C)C)cc1. The quantitative estimate of drug-likeness (QED) is 0.577. The molecule has 0 bridgehead atoms. The molecule has 1 rings (SSSR count). The highest BCUT2D eigenvalue weighted by Crippen LogP contribution is 2.10. The van der Waals surface area contributed by atoms with Crippen LogP contribution in [0.3, 0.4) is 0 Å². The Kier molecular flexibility index (Phi) is 7.07. The highest BCUT2D eigenvalue weighted by molar-refractivity contribution is 7.89. The number of hydrogen-bond donors (Lipinski definition) is 3. The fraction of sp³-hybridized carbons (Fsp3) is 0.400. The molecule has 1 atom stereocenters. The molecular weight excluding hydrogens is 350 g/mol. The van der Waals surface area contributed by atoms with Crippen LogP contribution in [0.1, 0.15) is 19.4 Å². The van der Waals surface area contributed by atoms with Crippen LogP contribution in [0.5, 0.6) is 0 Å². The zero-order chi connectivity index (χ0) is 19.2. The molecule has 9 nitrogen and oxygen atoms in total. The van der Waals surface area contributed by atoms with Crippen LogP contribution in [0.2, 0.25) is 0 Å². The normalized spacial score (nSPS) is 12.5. The second-order valence-electron chi connectivity index (χ2n) is 5.65. The number of nitrogens with one attached hydrogen (secondary N) is 2. The standard InChI is InChI=1S/C15H21N3O6S/c1-9(2)13(14(20)18-15(16)21)24-12(19)8-17-25(22,23)11-6-4-10(3)5-7-11/h4-7,9,13,17H,8H2,1-3H3,(H3,16,18,20,21)/t13-/m0/s1. The number of urea groups is 1. The largest absolute Gasteiger partial charge is 0.451 e. The van der Waals surface area contributed by atoms with Gasteiger partial charge in [0.25, 0.3) is 5.91 Å². The highest BCUT2D eigenvalue weighted by atomic mass is 32.2. The van der Waals surface area contributed by atoms with Gasteiger partial charge in [0.1, 0.15) is 6.54 Å². The van der Waals surface area contributed by atoms with Crippen molar-refractivity contribution in [1.29, 1.82) is 0 Å². The first-order valence-corrected chi connectivity index (χ1v) is 8.87. The van der Waals surface area contributed by atoms with Gasteiger partial charge in [-0.1, -0.05) is 31.5 Å². The smallest absolute Gasteiger partial charge is 0.321 e. The Balaban J connectivity index is 2.69. The van der Waals surface area contributed by atoms with Gasteiger partial charge in [0.15, 0.2) is 6.10 Å². The van der Waals surface area contributed by atoms with E-state index < -0.39 is 46.5 Å². The van der Waals surface area contributed by atoms with E-state index in [1.165, 1.54) is 12.1 Å². The second-order valence-corrected chi connectivity index (χ2v) is 7.41. The van der Waals surface area contributed by atoms with E-state index in [0.29, 0.717) is 0 Å². The number of sulfonamides is 1. The molecular formula is C15H21N3O6S. The first-order valence-electron chi connectivity index (χ1n) is 7.39. The maximum atomic E-state index is 12.1. The Hall–Kier alpha value is -2.46. The number of carbonyl (C=O) groups is 3. The Labute approximate surface area is 146 Å². The molecule has 1 aromatic rings. The summed E-state index contributed by atoms with van der Waals surface area (Å²) >= 11 is 0. The molecule has 0 unspecified atom stereocenters. The van der Waals surface area contributed by atoms with Gasteiger partial charge < -0.3 is 10.5 Å². The van der Waals surface area contributed by atoms with E-state index >= 15 is 0 Å². The lowest BCUT2D eigenvalue weighted by Gasteiger charge is -2.19. The van der Waals surface area contributed by atoms with Gasteiger partial charge in [-0.3, -0.25) is 14.9 Å². The minimum absolute atomic E-state index is 0.00205. The lowest BCUT2D eigenvalue weighted by molar-refractivity contribution is -0.157. The summed E-state index contributed by atoms with van der Waals surface area (Å²) in [7, 11) is -3.89. The van der Waals surface area contributed by atoms with Crippen molar-refractivity contribution >= 4 is 27.9 Å². The summed E-state index contributed by atoms with van der Waals surface area (Å²) < 4.78 is 31.2. The third-order valence-corrected chi connectivity index (χ3v) is 4.52. The molecule has 0 radical (unpaired) electrons. The number of primary amides is 1. The molecule has 0 aliphatic heterocycles. The maximum absolute atomic E-state index is 12.1. The predicted octanol–water partition coefficient (Wildman–Crippen LogP) is 0.0360. The van der Waals surface area contributed by atoms with Crippen molar-refractivity contribution < 1.29 is 27.5 Å². The fourth-order valence-electron chi connectivity index (χ4n) is 1.82. The number of esters is 1. The van der Waals surface area contributed by atoms with E-state index in [1.54, 1.807) is 26.0 Å². The summed E-state index contributed by atoms with van der Waals surface area (Å²) in [6.07, 6.45) is -1.27. The van der Waals surface area contributed by atoms with Crippen molar-refractivity contribution in [2.75, 3.05) is 6.54 Å². The summed E-state index contributed by atoms with van der Waals surface area (Å²) in [5.74, 6) is -2.29. The number of hydrogen-bond acceptors (Lipinski definition) is 6. The third kappa shape index (κ3) is 6.51. The lowest BCUT2D eigenvalue weighted by atomic mass is 10.1. The van der Waals surface area contributed by atoms with Crippen molar-refractivity contribution in [3.8, 4) is 0 Å². The summed E-state index contributed by atoms with van der Waals surface area (Å²) in [5, 5.41) is 1.82. The summed E-state index contributed by atoms with van der Waals surface area (Å²) in [6.45, 7) is 4.33. The zero-order valence-corrected chi connectivity index (χ0v) is 14.9. The molecule has 3 amide bonds. The average Bonchev–Trinajstić information content (AvgIpc) is 2.50. The van der Waals surface area contributed by atoms with Crippen LogP contribution in [-0.4, -0.2) is 39.0 Å². The Morgan fingerprint density at radius 1 is 1.16 bits per heavy atom. The monoisotopic (exact) mass is 371 g/mol. The molecule has 0 heterocycles. The van der Waals surface area contributed by atoms with Crippen molar-refractivity contribution in [2.24, 2.45) is 11.7 Å². The van der Waals surface area contributed by atoms with Crippen LogP contribution >= 0.6 is 0 Å². The van der Waals surface area contributed by atoms with Gasteiger partial charge in [-0.2, -0.15) is 4.72 Å². The van der Waals surface area contributed by atoms with Crippen molar-refractivity contribution in [2.45, 2.75) is 31.8 Å². The number of carbonyl (C=O) groups excluding carboxylic acids is 3. The van der Waals surface area contributed by atoms with Gasteiger partial charge >= 0.3 is 12.0 Å². The van der Waals surface area contributed by atoms with Crippen LogP contribution in [0.25, 0.3) is 0 Å². The Bertz CT molecular complexity index is 743. The first kappa shape index (κ1) is 20.6. The number of ether oxygens (including phenoxy) is 1. The molecule has 0 aromatic heterocycles. The number of nitrogens with two attached hydrogens (primary N) is 1. The molecule has 0 fully saturated rings. The molecule has 0 saturated heterocycles. The van der Waals surface area contributed by atoms with Gasteiger partial charge in [0, 0.05) is 0 Å². The number of amides is 3. The van der Waals surface area contributed by atoms with Crippen molar-refractivity contribution in [1.82, 2.24) is 10.0 Å². The second kappa shape index (κ2) is 8.58. The van der Waals surface area contributed by atoms with E-state index in [2.05, 4.69) is 4.72 Å². The van der Waals surface area contributed by atoms with Gasteiger partial charge in [-0.25, -0.2) is 13.2 Å². The Morgan fingerprint density at radius 3 is 2.20 bits per heavy atom. The molecule has 138 valence electrons. The highest BCUT2D eigenvalue weighted by Gasteiger charge is 2.28. The van der Waals surface area contributed by atoms with Gasteiger partial charge in [0.2, 0.25) is 10.0 Å². The predicted molar refractivity (Wildman–Crippen MR) is 88.8 cm³/mol. The van der Waals surface area contributed by atoms with Crippen LogP contribution in [0.4, 0.5) is 4.79 Å². The topological polar surface area (TPSA) is 145 Å². The van der Waals surface area contributed by atoms with Crippen LogP contribution in [0, 0.1) is 12.8 Å². The first-order chi connectivity index (χ1) is 11.5.